The third kappa shape index (κ3) is 2.64. The molecule has 4 nitrogen and oxygen atoms in total. The molecule has 26 heavy (non-hydrogen) atoms. The van der Waals surface area contributed by atoms with Crippen molar-refractivity contribution < 1.29 is 9.84 Å². The van der Waals surface area contributed by atoms with Crippen LogP contribution in [0.3, 0.4) is 0 Å². The van der Waals surface area contributed by atoms with Crippen LogP contribution >= 0.6 is 0 Å². The van der Waals surface area contributed by atoms with Gasteiger partial charge in [-0.25, -0.2) is 0 Å². The van der Waals surface area contributed by atoms with Crippen LogP contribution in [0.25, 0.3) is 0 Å². The lowest BCUT2D eigenvalue weighted by Gasteiger charge is -2.41. The van der Waals surface area contributed by atoms with Gasteiger partial charge in [0.1, 0.15) is 17.5 Å². The largest absolute Gasteiger partial charge is 0.507 e. The lowest BCUT2D eigenvalue weighted by Crippen LogP contribution is -2.39. The Bertz CT molecular complexity index is 976. The highest BCUT2D eigenvalue weighted by Crippen LogP contribution is 2.46. The molecule has 1 N–H and O–H groups in total. The molecule has 0 aromatic heterocycles. The van der Waals surface area contributed by atoms with Crippen LogP contribution < -0.4 is 9.64 Å². The Morgan fingerprint density at radius 2 is 1.58 bits per heavy atom. The van der Waals surface area contributed by atoms with Crippen molar-refractivity contribution >= 4 is 5.69 Å². The molecule has 0 saturated carbocycles. The zero-order valence-electron chi connectivity index (χ0n) is 14.3. The highest BCUT2D eigenvalue weighted by Gasteiger charge is 2.38. The van der Waals surface area contributed by atoms with Crippen molar-refractivity contribution in [3.05, 3.63) is 89.5 Å². The third-order valence-electron chi connectivity index (χ3n) is 4.64. The number of para-hydroxylation sites is 2. The van der Waals surface area contributed by atoms with Gasteiger partial charge < -0.3 is 14.7 Å². The summed E-state index contributed by atoms with van der Waals surface area (Å²) in [5.74, 6) is 0.807. The zero-order chi connectivity index (χ0) is 18.1. The van der Waals surface area contributed by atoms with Crippen molar-refractivity contribution in [1.82, 2.24) is 0 Å². The summed E-state index contributed by atoms with van der Waals surface area (Å²) in [7, 11) is 0. The summed E-state index contributed by atoms with van der Waals surface area (Å²) in [5, 5.41) is 20.3. The van der Waals surface area contributed by atoms with E-state index in [4.69, 9.17) is 4.74 Å². The molecule has 1 heterocycles. The Morgan fingerprint density at radius 1 is 0.923 bits per heavy atom. The van der Waals surface area contributed by atoms with Gasteiger partial charge in [0, 0.05) is 11.3 Å². The van der Waals surface area contributed by atoms with E-state index in [1.165, 1.54) is 0 Å². The molecule has 1 aliphatic rings. The van der Waals surface area contributed by atoms with Gasteiger partial charge in [0.15, 0.2) is 0 Å². The molecule has 0 amide bonds. The summed E-state index contributed by atoms with van der Waals surface area (Å²) in [6, 6.07) is 24.5. The van der Waals surface area contributed by atoms with Gasteiger partial charge in [-0.1, -0.05) is 48.0 Å². The number of hydrogen-bond donors (Lipinski definition) is 1. The van der Waals surface area contributed by atoms with Gasteiger partial charge in [0.25, 0.3) is 0 Å². The van der Waals surface area contributed by atoms with Gasteiger partial charge in [-0.2, -0.15) is 5.26 Å². The predicted molar refractivity (Wildman–Crippen MR) is 99.9 cm³/mol. The number of aromatic hydroxyl groups is 1. The summed E-state index contributed by atoms with van der Waals surface area (Å²) in [4.78, 5) is 1.91. The second kappa shape index (κ2) is 6.45. The first-order valence-electron chi connectivity index (χ1n) is 8.47. The van der Waals surface area contributed by atoms with Gasteiger partial charge in [0.2, 0.25) is 6.23 Å². The summed E-state index contributed by atoms with van der Waals surface area (Å²) in [6.07, 6.45) is -0.599. The summed E-state index contributed by atoms with van der Waals surface area (Å²) in [5.41, 5.74) is 3.45. The maximum Gasteiger partial charge on any atom is 0.203 e. The first-order valence-corrected chi connectivity index (χ1v) is 8.47. The fourth-order valence-electron chi connectivity index (χ4n) is 3.32. The molecule has 0 radical (unpaired) electrons. The number of nitriles is 1. The first-order chi connectivity index (χ1) is 12.7. The molecule has 2 atom stereocenters. The summed E-state index contributed by atoms with van der Waals surface area (Å²) < 4.78 is 6.24. The first kappa shape index (κ1) is 16.0. The predicted octanol–water partition coefficient (Wildman–Crippen LogP) is 4.86. The second-order valence-corrected chi connectivity index (χ2v) is 6.34. The number of rotatable bonds is 2. The lowest BCUT2D eigenvalue weighted by molar-refractivity contribution is 0.168. The SMILES string of the molecule is Cc1ccc(N2[C@@H](c3ccccc3O)Oc3ccccc3[C@@H]2C#N)cc1. The average molecular weight is 342 g/mol. The van der Waals surface area contributed by atoms with Gasteiger partial charge >= 0.3 is 0 Å². The smallest absolute Gasteiger partial charge is 0.203 e. The number of benzene rings is 3. The van der Waals surface area contributed by atoms with Crippen LogP contribution in [-0.4, -0.2) is 5.11 Å². The van der Waals surface area contributed by atoms with E-state index in [2.05, 4.69) is 6.07 Å². The summed E-state index contributed by atoms with van der Waals surface area (Å²) in [6.45, 7) is 2.02. The van der Waals surface area contributed by atoms with Gasteiger partial charge in [-0.15, -0.1) is 0 Å². The minimum absolute atomic E-state index is 0.144. The van der Waals surface area contributed by atoms with Crippen LogP contribution in [0, 0.1) is 18.3 Å². The number of aryl methyl sites for hydroxylation is 1. The molecule has 0 unspecified atom stereocenters. The molecule has 0 bridgehead atoms. The zero-order valence-corrected chi connectivity index (χ0v) is 14.3. The Kier molecular flexibility index (Phi) is 3.98. The number of ether oxygens (including phenoxy) is 1. The van der Waals surface area contributed by atoms with Crippen LogP contribution in [0.15, 0.2) is 72.8 Å². The van der Waals surface area contributed by atoms with E-state index in [1.54, 1.807) is 12.1 Å². The van der Waals surface area contributed by atoms with E-state index in [9.17, 15) is 10.4 Å². The van der Waals surface area contributed by atoms with Crippen molar-refractivity contribution in [2.75, 3.05) is 4.90 Å². The van der Waals surface area contributed by atoms with E-state index in [0.29, 0.717) is 11.3 Å². The van der Waals surface area contributed by atoms with Crippen molar-refractivity contribution in [3.8, 4) is 17.6 Å². The van der Waals surface area contributed by atoms with E-state index in [0.717, 1.165) is 16.8 Å². The van der Waals surface area contributed by atoms with Crippen LogP contribution in [0.5, 0.6) is 11.5 Å². The molecule has 4 heteroatoms. The van der Waals surface area contributed by atoms with Crippen molar-refractivity contribution in [2.45, 2.75) is 19.2 Å². The number of hydrogen-bond acceptors (Lipinski definition) is 4. The standard InChI is InChI=1S/C22H18N2O2/c1-15-10-12-16(13-11-15)24-19(14-23)17-6-3-5-9-21(17)26-22(24)18-7-2-4-8-20(18)25/h2-13,19,22,25H,1H3/t19-,22+/m0/s1. The second-order valence-electron chi connectivity index (χ2n) is 6.34. The molecule has 3 aromatic rings. The molecular weight excluding hydrogens is 324 g/mol. The molecule has 0 fully saturated rings. The molecule has 0 spiro atoms. The molecule has 0 aliphatic carbocycles. The number of phenols is 1. The Balaban J connectivity index is 1.91. The van der Waals surface area contributed by atoms with Crippen LogP contribution in [0.1, 0.15) is 29.0 Å². The van der Waals surface area contributed by atoms with Gasteiger partial charge in [0.05, 0.1) is 11.6 Å². The molecule has 3 aromatic carbocycles. The average Bonchev–Trinajstić information content (AvgIpc) is 2.67. The number of nitrogens with zero attached hydrogens (tertiary/aromatic N) is 2. The number of anilines is 1. The maximum atomic E-state index is 10.4. The fourth-order valence-corrected chi connectivity index (χ4v) is 3.32. The molecule has 0 saturated heterocycles. The lowest BCUT2D eigenvalue weighted by atomic mass is 9.99. The Morgan fingerprint density at radius 3 is 2.27 bits per heavy atom. The highest BCUT2D eigenvalue weighted by atomic mass is 16.5. The van der Waals surface area contributed by atoms with E-state index >= 15 is 0 Å². The van der Waals surface area contributed by atoms with E-state index in [1.807, 2.05) is 72.5 Å². The third-order valence-corrected chi connectivity index (χ3v) is 4.64. The van der Waals surface area contributed by atoms with Crippen molar-refractivity contribution in [2.24, 2.45) is 0 Å². The monoisotopic (exact) mass is 342 g/mol. The maximum absolute atomic E-state index is 10.4. The van der Waals surface area contributed by atoms with Crippen LogP contribution in [0.4, 0.5) is 5.69 Å². The van der Waals surface area contributed by atoms with Gasteiger partial charge in [-0.3, -0.25) is 0 Å². The van der Waals surface area contributed by atoms with Crippen molar-refractivity contribution in [1.29, 1.82) is 5.26 Å². The number of phenolic OH excluding ortho intramolecular Hbond substituents is 1. The minimum Gasteiger partial charge on any atom is -0.507 e. The molecule has 4 rings (SSSR count). The van der Waals surface area contributed by atoms with E-state index in [-0.39, 0.29) is 5.75 Å². The van der Waals surface area contributed by atoms with Crippen molar-refractivity contribution in [3.63, 3.8) is 0 Å². The van der Waals surface area contributed by atoms with E-state index < -0.39 is 12.3 Å². The normalized spacial score (nSPS) is 18.5. The Hall–Kier alpha value is -3.45. The number of fused-ring (bicyclic) bond motifs is 1. The fraction of sp³-hybridized carbons (Fsp3) is 0.136. The highest BCUT2D eigenvalue weighted by molar-refractivity contribution is 5.58. The quantitative estimate of drug-likeness (QED) is 0.722. The van der Waals surface area contributed by atoms with Crippen LogP contribution in [-0.2, 0) is 0 Å². The minimum atomic E-state index is -0.599. The topological polar surface area (TPSA) is 56.5 Å². The molecule has 128 valence electrons. The Labute approximate surface area is 152 Å². The van der Waals surface area contributed by atoms with Gasteiger partial charge in [-0.05, 0) is 37.3 Å². The molecular formula is C22H18N2O2. The molecule has 1 aliphatic heterocycles. The van der Waals surface area contributed by atoms with Crippen LogP contribution in [0.2, 0.25) is 0 Å². The summed E-state index contributed by atoms with van der Waals surface area (Å²) >= 11 is 0.